The summed E-state index contributed by atoms with van der Waals surface area (Å²) < 4.78 is 43.7. The summed E-state index contributed by atoms with van der Waals surface area (Å²) in [4.78, 5) is 15.4. The van der Waals surface area contributed by atoms with Gasteiger partial charge in [0.1, 0.15) is 5.82 Å². The van der Waals surface area contributed by atoms with Crippen LogP contribution in [-0.2, 0) is 43.0 Å². The van der Waals surface area contributed by atoms with Crippen molar-refractivity contribution in [3.63, 3.8) is 0 Å². The Morgan fingerprint density at radius 1 is 1.00 bits per heavy atom. The monoisotopic (exact) mass is 532 g/mol. The number of aryl methyl sites for hydroxylation is 2. The second-order valence-corrected chi connectivity index (χ2v) is 11.3. The van der Waals surface area contributed by atoms with Crippen molar-refractivity contribution in [2.45, 2.75) is 37.8 Å². The smallest absolute Gasteiger partial charge is 0.258 e. The number of sulfonamides is 1. The molecule has 0 saturated carbocycles. The number of fused-ring (bicyclic) bond motifs is 1. The topological polar surface area (TPSA) is 75.5 Å². The lowest BCUT2D eigenvalue weighted by atomic mass is 10.1. The Hall–Kier alpha value is -3.82. The molecular weight excluding hydrogens is 503 g/mol. The van der Waals surface area contributed by atoms with Gasteiger partial charge in [-0.25, -0.2) is 12.8 Å². The molecule has 0 spiro atoms. The third-order valence-corrected chi connectivity index (χ3v) is 8.83. The summed E-state index contributed by atoms with van der Waals surface area (Å²) in [5, 5.41) is 4.70. The van der Waals surface area contributed by atoms with Gasteiger partial charge in [0.15, 0.2) is 0 Å². The summed E-state index contributed by atoms with van der Waals surface area (Å²) in [6.45, 7) is 2.69. The molecule has 1 amide bonds. The van der Waals surface area contributed by atoms with Crippen LogP contribution in [0.15, 0.2) is 83.8 Å². The Morgan fingerprint density at radius 3 is 2.34 bits per heavy atom. The molecule has 0 atom stereocenters. The SMILES string of the molecule is CCc1ccc(S(=O)(=O)N2CCc3c(c(CN(C(=O)c4ccc(F)cc4)c4ccccc4)nn3C)C2)cc1. The fraction of sp³-hybridized carbons (Fsp3) is 0.241. The lowest BCUT2D eigenvalue weighted by Crippen LogP contribution is -2.37. The fourth-order valence-electron chi connectivity index (χ4n) is 4.81. The van der Waals surface area contributed by atoms with Crippen LogP contribution in [0.1, 0.15) is 39.8 Å². The normalized spacial score (nSPS) is 13.8. The van der Waals surface area contributed by atoms with E-state index in [2.05, 4.69) is 0 Å². The number of amides is 1. The van der Waals surface area contributed by atoms with Crippen molar-refractivity contribution in [1.29, 1.82) is 0 Å². The van der Waals surface area contributed by atoms with E-state index in [0.717, 1.165) is 23.2 Å². The van der Waals surface area contributed by atoms with E-state index in [4.69, 9.17) is 5.10 Å². The average Bonchev–Trinajstić information content (AvgIpc) is 3.26. The van der Waals surface area contributed by atoms with Crippen LogP contribution in [0.3, 0.4) is 0 Å². The van der Waals surface area contributed by atoms with Gasteiger partial charge < -0.3 is 4.90 Å². The zero-order chi connectivity index (χ0) is 26.9. The van der Waals surface area contributed by atoms with Gasteiger partial charge in [0.05, 0.1) is 17.1 Å². The van der Waals surface area contributed by atoms with Crippen molar-refractivity contribution in [1.82, 2.24) is 14.1 Å². The Morgan fingerprint density at radius 2 is 1.68 bits per heavy atom. The van der Waals surface area contributed by atoms with Crippen molar-refractivity contribution in [2.75, 3.05) is 11.4 Å². The Balaban J connectivity index is 1.47. The third kappa shape index (κ3) is 4.99. The lowest BCUT2D eigenvalue weighted by molar-refractivity contribution is 0.0984. The number of carbonyl (C=O) groups excluding carboxylic acids is 1. The number of carbonyl (C=O) groups is 1. The summed E-state index contributed by atoms with van der Waals surface area (Å²) in [6, 6.07) is 21.6. The molecule has 38 heavy (non-hydrogen) atoms. The van der Waals surface area contributed by atoms with Crippen molar-refractivity contribution < 1.29 is 17.6 Å². The zero-order valence-electron chi connectivity index (χ0n) is 21.3. The van der Waals surface area contributed by atoms with Crippen molar-refractivity contribution in [3.05, 3.63) is 113 Å². The first-order chi connectivity index (χ1) is 18.3. The molecule has 1 aromatic heterocycles. The Kier molecular flexibility index (Phi) is 7.14. The number of nitrogens with zero attached hydrogens (tertiary/aromatic N) is 4. The Bertz CT molecular complexity index is 1550. The largest absolute Gasteiger partial charge is 0.302 e. The highest BCUT2D eigenvalue weighted by Crippen LogP contribution is 2.29. The van der Waals surface area contributed by atoms with Crippen LogP contribution in [0.4, 0.5) is 10.1 Å². The second-order valence-electron chi connectivity index (χ2n) is 9.32. The quantitative estimate of drug-likeness (QED) is 0.345. The standard InChI is InChI=1S/C29H29FN4O3S/c1-3-21-9-15-25(16-10-21)38(36,37)33-18-17-28-26(19-33)27(31-32(28)2)20-34(24-7-5-4-6-8-24)29(35)22-11-13-23(30)14-12-22/h4-16H,3,17-20H2,1-2H3. The van der Waals surface area contributed by atoms with E-state index in [-0.39, 0.29) is 23.9 Å². The van der Waals surface area contributed by atoms with E-state index < -0.39 is 15.8 Å². The maximum absolute atomic E-state index is 13.6. The highest BCUT2D eigenvalue weighted by molar-refractivity contribution is 7.89. The number of anilines is 1. The summed E-state index contributed by atoms with van der Waals surface area (Å²) >= 11 is 0. The predicted molar refractivity (Wildman–Crippen MR) is 144 cm³/mol. The predicted octanol–water partition coefficient (Wildman–Crippen LogP) is 4.72. The van der Waals surface area contributed by atoms with Crippen molar-refractivity contribution in [3.8, 4) is 0 Å². The Labute approximate surface area is 222 Å². The summed E-state index contributed by atoms with van der Waals surface area (Å²) in [5.41, 5.74) is 4.47. The maximum atomic E-state index is 13.6. The van der Waals surface area contributed by atoms with Gasteiger partial charge in [-0.05, 0) is 60.5 Å². The maximum Gasteiger partial charge on any atom is 0.258 e. The zero-order valence-corrected chi connectivity index (χ0v) is 22.2. The highest BCUT2D eigenvalue weighted by Gasteiger charge is 2.33. The molecule has 0 bridgehead atoms. The molecule has 0 saturated heterocycles. The molecule has 0 fully saturated rings. The molecule has 0 N–H and O–H groups in total. The lowest BCUT2D eigenvalue weighted by Gasteiger charge is -2.28. The van der Waals surface area contributed by atoms with Gasteiger partial charge in [0, 0.05) is 49.1 Å². The van der Waals surface area contributed by atoms with Crippen molar-refractivity contribution in [2.24, 2.45) is 7.05 Å². The van der Waals surface area contributed by atoms with Gasteiger partial charge in [0.2, 0.25) is 10.0 Å². The summed E-state index contributed by atoms with van der Waals surface area (Å²) in [5.74, 6) is -0.718. The molecule has 7 nitrogen and oxygen atoms in total. The first-order valence-electron chi connectivity index (χ1n) is 12.5. The van der Waals surface area contributed by atoms with Crippen LogP contribution in [0.5, 0.6) is 0 Å². The molecule has 3 aromatic carbocycles. The van der Waals surface area contributed by atoms with E-state index in [9.17, 15) is 17.6 Å². The number of hydrogen-bond donors (Lipinski definition) is 0. The minimum atomic E-state index is -3.70. The van der Waals surface area contributed by atoms with Gasteiger partial charge in [-0.15, -0.1) is 0 Å². The summed E-state index contributed by atoms with van der Waals surface area (Å²) in [6.07, 6.45) is 1.35. The van der Waals surface area contributed by atoms with Crippen molar-refractivity contribution >= 4 is 21.6 Å². The van der Waals surface area contributed by atoms with Crippen LogP contribution in [0, 0.1) is 5.82 Å². The molecule has 2 heterocycles. The van der Waals surface area contributed by atoms with Crippen LogP contribution >= 0.6 is 0 Å². The average molecular weight is 533 g/mol. The van der Waals surface area contributed by atoms with Crippen LogP contribution in [0.2, 0.25) is 0 Å². The molecule has 0 aliphatic carbocycles. The molecule has 0 unspecified atom stereocenters. The van der Waals surface area contributed by atoms with Crippen LogP contribution in [0.25, 0.3) is 0 Å². The molecular formula is C29H29FN4O3S. The molecule has 5 rings (SSSR count). The number of halogens is 1. The molecule has 196 valence electrons. The highest BCUT2D eigenvalue weighted by atomic mass is 32.2. The number of hydrogen-bond acceptors (Lipinski definition) is 4. The number of aromatic nitrogens is 2. The minimum Gasteiger partial charge on any atom is -0.302 e. The molecule has 1 aliphatic heterocycles. The number of rotatable bonds is 7. The van der Waals surface area contributed by atoms with E-state index in [1.807, 2.05) is 56.4 Å². The minimum absolute atomic E-state index is 0.141. The first kappa shape index (κ1) is 25.8. The van der Waals surface area contributed by atoms with E-state index in [0.29, 0.717) is 29.9 Å². The molecule has 4 aromatic rings. The van der Waals surface area contributed by atoms with Crippen LogP contribution in [-0.4, -0.2) is 35.0 Å². The van der Waals surface area contributed by atoms with E-state index in [1.54, 1.807) is 21.7 Å². The molecule has 1 aliphatic rings. The van der Waals surface area contributed by atoms with Gasteiger partial charge in [-0.1, -0.05) is 37.3 Å². The summed E-state index contributed by atoms with van der Waals surface area (Å²) in [7, 11) is -1.86. The van der Waals surface area contributed by atoms with Gasteiger partial charge in [0.25, 0.3) is 5.91 Å². The van der Waals surface area contributed by atoms with Gasteiger partial charge in [-0.2, -0.15) is 9.40 Å². The number of benzene rings is 3. The van der Waals surface area contributed by atoms with E-state index in [1.165, 1.54) is 28.6 Å². The fourth-order valence-corrected chi connectivity index (χ4v) is 6.22. The second kappa shape index (κ2) is 10.5. The third-order valence-electron chi connectivity index (χ3n) is 6.97. The van der Waals surface area contributed by atoms with Gasteiger partial charge >= 0.3 is 0 Å². The van der Waals surface area contributed by atoms with E-state index >= 15 is 0 Å². The van der Waals surface area contributed by atoms with Gasteiger partial charge in [-0.3, -0.25) is 9.48 Å². The molecule has 9 heteroatoms. The first-order valence-corrected chi connectivity index (χ1v) is 14.0. The van der Waals surface area contributed by atoms with Crippen LogP contribution < -0.4 is 4.90 Å². The number of para-hydroxylation sites is 1. The molecule has 0 radical (unpaired) electrons.